The van der Waals surface area contributed by atoms with Gasteiger partial charge in [0.05, 0.1) is 25.4 Å². The van der Waals surface area contributed by atoms with E-state index in [0.717, 1.165) is 51.4 Å². The highest BCUT2D eigenvalue weighted by molar-refractivity contribution is 5.76. The number of allylic oxidation sites excluding steroid dienone is 6. The van der Waals surface area contributed by atoms with E-state index >= 15 is 0 Å². The SMILES string of the molecule is CCCCCC/C=C\C/C=C\CCCCCCCC(=O)OCCCCCCCCCCCCCC/C=C\CCCCCCCCCCCCCCCCC(=O)NC(CO)C(O)CCCCCCCCCCCCCCCCCCCCCC. The fourth-order valence-electron chi connectivity index (χ4n) is 11.9. The Labute approximate surface area is 519 Å². The zero-order valence-corrected chi connectivity index (χ0v) is 56.2. The lowest BCUT2D eigenvalue weighted by Crippen LogP contribution is -2.45. The molecule has 0 saturated heterocycles. The second-order valence-corrected chi connectivity index (χ2v) is 26.0. The van der Waals surface area contributed by atoms with Crippen molar-refractivity contribution in [3.05, 3.63) is 36.5 Å². The zero-order valence-electron chi connectivity index (χ0n) is 56.2. The van der Waals surface area contributed by atoms with E-state index in [1.807, 2.05) is 0 Å². The summed E-state index contributed by atoms with van der Waals surface area (Å²) in [5.41, 5.74) is 0. The summed E-state index contributed by atoms with van der Waals surface area (Å²) < 4.78 is 5.49. The monoisotopic (exact) mass is 1170 g/mol. The second-order valence-electron chi connectivity index (χ2n) is 26.0. The molecule has 2 unspecified atom stereocenters. The van der Waals surface area contributed by atoms with Gasteiger partial charge in [-0.25, -0.2) is 0 Å². The van der Waals surface area contributed by atoms with Crippen LogP contribution in [0.25, 0.3) is 0 Å². The van der Waals surface area contributed by atoms with Crippen LogP contribution in [0.4, 0.5) is 0 Å². The number of hydrogen-bond acceptors (Lipinski definition) is 5. The number of ether oxygens (including phenoxy) is 1. The predicted octanol–water partition coefficient (Wildman–Crippen LogP) is 24.7. The van der Waals surface area contributed by atoms with Crippen molar-refractivity contribution >= 4 is 11.9 Å². The van der Waals surface area contributed by atoms with Crippen molar-refractivity contribution in [3.8, 4) is 0 Å². The molecule has 83 heavy (non-hydrogen) atoms. The Bertz CT molecular complexity index is 1340. The highest BCUT2D eigenvalue weighted by Gasteiger charge is 2.20. The van der Waals surface area contributed by atoms with Crippen molar-refractivity contribution in [2.45, 2.75) is 431 Å². The molecule has 6 heteroatoms. The molecular weight excluding hydrogens is 1020 g/mol. The fraction of sp³-hybridized carbons (Fsp3) is 0.896. The van der Waals surface area contributed by atoms with Crippen molar-refractivity contribution in [3.63, 3.8) is 0 Å². The lowest BCUT2D eigenvalue weighted by Gasteiger charge is -2.22. The van der Waals surface area contributed by atoms with Crippen molar-refractivity contribution in [1.82, 2.24) is 5.32 Å². The van der Waals surface area contributed by atoms with Gasteiger partial charge in [0.15, 0.2) is 0 Å². The summed E-state index contributed by atoms with van der Waals surface area (Å²) in [6.07, 6.45) is 93.5. The molecule has 1 amide bonds. The molecule has 0 radical (unpaired) electrons. The molecule has 490 valence electrons. The molecule has 3 N–H and O–H groups in total. The number of aliphatic hydroxyl groups excluding tert-OH is 2. The Hall–Kier alpha value is -1.92. The average Bonchev–Trinajstić information content (AvgIpc) is 3.48. The van der Waals surface area contributed by atoms with Crippen LogP contribution in [0, 0.1) is 0 Å². The number of amides is 1. The quantitative estimate of drug-likeness (QED) is 0.0320. The van der Waals surface area contributed by atoms with Gasteiger partial charge in [-0.05, 0) is 83.5 Å². The van der Waals surface area contributed by atoms with Gasteiger partial charge in [-0.1, -0.05) is 359 Å². The van der Waals surface area contributed by atoms with E-state index in [1.54, 1.807) is 0 Å². The Morgan fingerprint density at radius 1 is 0.337 bits per heavy atom. The summed E-state index contributed by atoms with van der Waals surface area (Å²) in [4.78, 5) is 24.6. The van der Waals surface area contributed by atoms with Gasteiger partial charge < -0.3 is 20.3 Å². The van der Waals surface area contributed by atoms with Crippen molar-refractivity contribution in [1.29, 1.82) is 0 Å². The Morgan fingerprint density at radius 2 is 0.602 bits per heavy atom. The van der Waals surface area contributed by atoms with Crippen LogP contribution in [0.3, 0.4) is 0 Å². The van der Waals surface area contributed by atoms with Gasteiger partial charge in [-0.3, -0.25) is 9.59 Å². The number of unbranched alkanes of at least 4 members (excludes halogenated alkanes) is 54. The molecule has 0 aliphatic rings. The van der Waals surface area contributed by atoms with Gasteiger partial charge >= 0.3 is 5.97 Å². The number of hydrogen-bond donors (Lipinski definition) is 3. The van der Waals surface area contributed by atoms with Crippen LogP contribution >= 0.6 is 0 Å². The van der Waals surface area contributed by atoms with Crippen LogP contribution < -0.4 is 5.32 Å². The second kappa shape index (κ2) is 72.6. The van der Waals surface area contributed by atoms with Crippen LogP contribution in [-0.2, 0) is 14.3 Å². The molecule has 0 aliphatic carbocycles. The third kappa shape index (κ3) is 69.1. The summed E-state index contributed by atoms with van der Waals surface area (Å²) in [6, 6.07) is -0.541. The van der Waals surface area contributed by atoms with E-state index in [1.165, 1.54) is 334 Å². The molecule has 0 heterocycles. The van der Waals surface area contributed by atoms with E-state index in [-0.39, 0.29) is 18.5 Å². The van der Waals surface area contributed by atoms with Crippen molar-refractivity contribution < 1.29 is 24.5 Å². The Kier molecular flexibility index (Phi) is 70.9. The van der Waals surface area contributed by atoms with Gasteiger partial charge in [-0.15, -0.1) is 0 Å². The summed E-state index contributed by atoms with van der Waals surface area (Å²) in [5, 5.41) is 23.4. The minimum atomic E-state index is -0.664. The first-order valence-electron chi connectivity index (χ1n) is 37.7. The standard InChI is InChI=1S/C77H147NO5/c1-3-5-7-9-11-13-15-17-19-21-22-35-38-41-45-49-53-57-61-65-69-75(80)74(73-79)78-76(81)70-66-62-58-54-50-46-42-39-36-33-31-29-27-25-23-24-26-28-30-32-34-37-40-44-48-52-56-60-64-68-72-83-77(82)71-67-63-59-55-51-47-43-20-18-16-14-12-10-8-6-4-2/h14,16,20,24,26,43,74-75,79-80H,3-13,15,17-19,21-23,25,27-42,44-73H2,1-2H3,(H,78,81)/b16-14-,26-24-,43-20-. The molecule has 0 fully saturated rings. The number of carbonyl (C=O) groups is 2. The van der Waals surface area contributed by atoms with Crippen LogP contribution in [0.2, 0.25) is 0 Å². The molecule has 0 aliphatic heterocycles. The number of carbonyl (C=O) groups excluding carboxylic acids is 2. The molecule has 0 aromatic heterocycles. The number of esters is 1. The van der Waals surface area contributed by atoms with E-state index in [9.17, 15) is 19.8 Å². The van der Waals surface area contributed by atoms with Crippen LogP contribution in [0.15, 0.2) is 36.5 Å². The first kappa shape index (κ1) is 81.1. The molecule has 0 rings (SSSR count). The molecule has 0 spiro atoms. The third-order valence-corrected chi connectivity index (χ3v) is 17.7. The van der Waals surface area contributed by atoms with Gasteiger partial charge in [0, 0.05) is 12.8 Å². The lowest BCUT2D eigenvalue weighted by atomic mass is 10.0. The summed E-state index contributed by atoms with van der Waals surface area (Å²) >= 11 is 0. The highest BCUT2D eigenvalue weighted by Crippen LogP contribution is 2.19. The highest BCUT2D eigenvalue weighted by atomic mass is 16.5. The minimum absolute atomic E-state index is 0.00424. The largest absolute Gasteiger partial charge is 0.466 e. The molecule has 0 bridgehead atoms. The predicted molar refractivity (Wildman–Crippen MR) is 366 cm³/mol. The average molecular weight is 1170 g/mol. The topological polar surface area (TPSA) is 95.9 Å². The van der Waals surface area contributed by atoms with Crippen molar-refractivity contribution in [2.24, 2.45) is 0 Å². The molecule has 6 nitrogen and oxygen atoms in total. The van der Waals surface area contributed by atoms with Gasteiger partial charge in [0.1, 0.15) is 0 Å². The molecule has 0 aromatic carbocycles. The normalized spacial score (nSPS) is 12.7. The smallest absolute Gasteiger partial charge is 0.305 e. The summed E-state index contributed by atoms with van der Waals surface area (Å²) in [5.74, 6) is -0.0250. The Morgan fingerprint density at radius 3 is 0.940 bits per heavy atom. The summed E-state index contributed by atoms with van der Waals surface area (Å²) in [7, 11) is 0. The van der Waals surface area contributed by atoms with Gasteiger partial charge in [-0.2, -0.15) is 0 Å². The van der Waals surface area contributed by atoms with E-state index < -0.39 is 12.1 Å². The maximum Gasteiger partial charge on any atom is 0.305 e. The number of nitrogens with one attached hydrogen (secondary N) is 1. The van der Waals surface area contributed by atoms with E-state index in [2.05, 4.69) is 55.6 Å². The first-order chi connectivity index (χ1) is 41.0. The number of aliphatic hydroxyl groups is 2. The molecule has 2 atom stereocenters. The fourth-order valence-corrected chi connectivity index (χ4v) is 11.9. The number of rotatable bonds is 71. The van der Waals surface area contributed by atoms with Crippen molar-refractivity contribution in [2.75, 3.05) is 13.2 Å². The summed E-state index contributed by atoms with van der Waals surface area (Å²) in [6.45, 7) is 4.97. The maximum absolute atomic E-state index is 12.6. The van der Waals surface area contributed by atoms with Crippen LogP contribution in [0.5, 0.6) is 0 Å². The third-order valence-electron chi connectivity index (χ3n) is 17.7. The van der Waals surface area contributed by atoms with Gasteiger partial charge in [0.25, 0.3) is 0 Å². The molecule has 0 saturated carbocycles. The first-order valence-corrected chi connectivity index (χ1v) is 37.7. The van der Waals surface area contributed by atoms with Crippen LogP contribution in [0.1, 0.15) is 418 Å². The minimum Gasteiger partial charge on any atom is -0.466 e. The molecular formula is C77H147NO5. The Balaban J connectivity index is 3.37. The maximum atomic E-state index is 12.6. The van der Waals surface area contributed by atoms with Crippen LogP contribution in [-0.4, -0.2) is 47.4 Å². The van der Waals surface area contributed by atoms with Gasteiger partial charge in [0.2, 0.25) is 5.91 Å². The lowest BCUT2D eigenvalue weighted by molar-refractivity contribution is -0.143. The molecule has 0 aromatic rings. The van der Waals surface area contributed by atoms with E-state index in [4.69, 9.17) is 4.74 Å². The van der Waals surface area contributed by atoms with E-state index in [0.29, 0.717) is 25.9 Å². The zero-order chi connectivity index (χ0) is 59.9.